The number of hydrogen-bond acceptors (Lipinski definition) is 1. The molecule has 0 radical (unpaired) electrons. The van der Waals surface area contributed by atoms with Gasteiger partial charge in [-0.1, -0.05) is 72.8 Å². The van der Waals surface area contributed by atoms with Crippen molar-refractivity contribution in [2.75, 3.05) is 0 Å². The van der Waals surface area contributed by atoms with E-state index < -0.39 is 0 Å². The van der Waals surface area contributed by atoms with Crippen LogP contribution in [-0.4, -0.2) is 0 Å². The second-order valence-electron chi connectivity index (χ2n) is 5.06. The molecule has 0 fully saturated rings. The van der Waals surface area contributed by atoms with E-state index in [1.54, 1.807) is 6.26 Å². The van der Waals surface area contributed by atoms with Crippen LogP contribution in [0.3, 0.4) is 0 Å². The van der Waals surface area contributed by atoms with Crippen LogP contribution in [0.2, 0.25) is 0 Å². The van der Waals surface area contributed by atoms with Gasteiger partial charge in [-0.3, -0.25) is 0 Å². The predicted molar refractivity (Wildman–Crippen MR) is 87.1 cm³/mol. The van der Waals surface area contributed by atoms with Gasteiger partial charge in [0.05, 0.1) is 6.26 Å². The first-order valence-electron chi connectivity index (χ1n) is 7.04. The van der Waals surface area contributed by atoms with Gasteiger partial charge in [0.15, 0.2) is 0 Å². The lowest BCUT2D eigenvalue weighted by atomic mass is 9.98. The van der Waals surface area contributed by atoms with Crippen molar-refractivity contribution >= 4 is 10.8 Å². The molecule has 1 heterocycles. The normalized spacial score (nSPS) is 10.9. The summed E-state index contributed by atoms with van der Waals surface area (Å²) in [6.45, 7) is 0. The molecule has 0 N–H and O–H groups in total. The monoisotopic (exact) mass is 270 g/mol. The topological polar surface area (TPSA) is 13.1 Å². The Kier molecular flexibility index (Phi) is 2.82. The van der Waals surface area contributed by atoms with Gasteiger partial charge in [0, 0.05) is 11.1 Å². The van der Waals surface area contributed by atoms with E-state index in [9.17, 15) is 0 Å². The van der Waals surface area contributed by atoms with Crippen molar-refractivity contribution in [3.63, 3.8) is 0 Å². The van der Waals surface area contributed by atoms with Gasteiger partial charge in [0.2, 0.25) is 0 Å². The molecule has 1 nitrogen and oxygen atoms in total. The molecular formula is C20H14O. The summed E-state index contributed by atoms with van der Waals surface area (Å²) >= 11 is 0. The lowest BCUT2D eigenvalue weighted by Crippen LogP contribution is -1.82. The zero-order valence-corrected chi connectivity index (χ0v) is 11.5. The Bertz CT molecular complexity index is 883. The molecule has 0 saturated carbocycles. The molecule has 3 aromatic carbocycles. The van der Waals surface area contributed by atoms with E-state index in [2.05, 4.69) is 66.7 Å². The summed E-state index contributed by atoms with van der Waals surface area (Å²) in [5, 5.41) is 2.44. The number of furan rings is 1. The molecule has 1 aromatic heterocycles. The molecule has 1 heteroatoms. The molecule has 0 bridgehead atoms. The highest BCUT2D eigenvalue weighted by Gasteiger charge is 2.13. The van der Waals surface area contributed by atoms with Crippen LogP contribution in [0.1, 0.15) is 0 Å². The average molecular weight is 270 g/mol. The first-order chi connectivity index (χ1) is 10.4. The van der Waals surface area contributed by atoms with Gasteiger partial charge in [-0.2, -0.15) is 0 Å². The van der Waals surface area contributed by atoms with E-state index in [4.69, 9.17) is 4.42 Å². The highest BCUT2D eigenvalue weighted by atomic mass is 16.3. The van der Waals surface area contributed by atoms with Gasteiger partial charge in [0.25, 0.3) is 0 Å². The minimum atomic E-state index is 0.929. The lowest BCUT2D eigenvalue weighted by Gasteiger charge is -2.07. The third-order valence-electron chi connectivity index (χ3n) is 3.78. The third-order valence-corrected chi connectivity index (χ3v) is 3.78. The van der Waals surface area contributed by atoms with Gasteiger partial charge in [0.1, 0.15) is 5.76 Å². The van der Waals surface area contributed by atoms with Crippen LogP contribution < -0.4 is 0 Å². The molecule has 4 rings (SSSR count). The molecule has 0 spiro atoms. The highest BCUT2D eigenvalue weighted by Crippen LogP contribution is 2.36. The second-order valence-corrected chi connectivity index (χ2v) is 5.06. The van der Waals surface area contributed by atoms with E-state index >= 15 is 0 Å². The van der Waals surface area contributed by atoms with Gasteiger partial charge < -0.3 is 4.42 Å². The Morgan fingerprint density at radius 3 is 2.24 bits per heavy atom. The fraction of sp³-hybridized carbons (Fsp3) is 0. The maximum Gasteiger partial charge on any atom is 0.142 e. The Morgan fingerprint density at radius 2 is 1.33 bits per heavy atom. The Hall–Kier alpha value is -2.80. The lowest BCUT2D eigenvalue weighted by molar-refractivity contribution is 0.583. The summed E-state index contributed by atoms with van der Waals surface area (Å²) in [5.41, 5.74) is 3.44. The number of benzene rings is 3. The van der Waals surface area contributed by atoms with Gasteiger partial charge in [-0.05, 0) is 22.4 Å². The summed E-state index contributed by atoms with van der Waals surface area (Å²) in [6, 6.07) is 27.1. The van der Waals surface area contributed by atoms with E-state index in [1.807, 2.05) is 12.1 Å². The van der Waals surface area contributed by atoms with Crippen LogP contribution in [0, 0.1) is 0 Å². The van der Waals surface area contributed by atoms with Gasteiger partial charge >= 0.3 is 0 Å². The number of hydrogen-bond donors (Lipinski definition) is 0. The van der Waals surface area contributed by atoms with Gasteiger partial charge in [-0.15, -0.1) is 0 Å². The minimum absolute atomic E-state index is 0.929. The maximum absolute atomic E-state index is 5.81. The molecule has 0 aliphatic heterocycles. The van der Waals surface area contributed by atoms with Crippen LogP contribution in [0.5, 0.6) is 0 Å². The highest BCUT2D eigenvalue weighted by molar-refractivity contribution is 5.98. The molecule has 0 unspecified atom stereocenters. The zero-order chi connectivity index (χ0) is 14.1. The smallest absolute Gasteiger partial charge is 0.142 e. The molecule has 21 heavy (non-hydrogen) atoms. The SMILES string of the molecule is c1ccc(-c2ccoc2-c2cccc3ccccc23)cc1. The molecule has 0 aliphatic rings. The van der Waals surface area contributed by atoms with Crippen LogP contribution >= 0.6 is 0 Å². The predicted octanol–water partition coefficient (Wildman–Crippen LogP) is 5.77. The summed E-state index contributed by atoms with van der Waals surface area (Å²) in [6.07, 6.45) is 1.76. The number of fused-ring (bicyclic) bond motifs is 1. The molecule has 0 aliphatic carbocycles. The minimum Gasteiger partial charge on any atom is -0.464 e. The maximum atomic E-state index is 5.81. The van der Waals surface area contributed by atoms with Crippen LogP contribution in [-0.2, 0) is 0 Å². The average Bonchev–Trinajstić information content (AvgIpc) is 3.04. The van der Waals surface area contributed by atoms with Crippen molar-refractivity contribution in [1.82, 2.24) is 0 Å². The molecule has 4 aromatic rings. The third kappa shape index (κ3) is 2.03. The van der Waals surface area contributed by atoms with Crippen LogP contribution in [0.25, 0.3) is 33.2 Å². The summed E-state index contributed by atoms with van der Waals surface area (Å²) < 4.78 is 5.81. The second kappa shape index (κ2) is 4.95. The van der Waals surface area contributed by atoms with E-state index in [1.165, 1.54) is 16.3 Å². The Labute approximate surface area is 123 Å². The van der Waals surface area contributed by atoms with Crippen molar-refractivity contribution in [3.05, 3.63) is 85.1 Å². The standard InChI is InChI=1S/C20H14O/c1-2-7-16(8-3-1)18-13-14-21-20(18)19-12-6-10-15-9-4-5-11-17(15)19/h1-14H. The molecule has 0 saturated heterocycles. The quantitative estimate of drug-likeness (QED) is 0.451. The van der Waals surface area contributed by atoms with Crippen molar-refractivity contribution in [3.8, 4) is 22.5 Å². The first kappa shape index (κ1) is 12.0. The number of rotatable bonds is 2. The van der Waals surface area contributed by atoms with Crippen molar-refractivity contribution in [1.29, 1.82) is 0 Å². The fourth-order valence-corrected chi connectivity index (χ4v) is 2.79. The molecule has 100 valence electrons. The largest absolute Gasteiger partial charge is 0.464 e. The van der Waals surface area contributed by atoms with Crippen molar-refractivity contribution in [2.24, 2.45) is 0 Å². The summed E-state index contributed by atoms with van der Waals surface area (Å²) in [5.74, 6) is 0.929. The fourth-order valence-electron chi connectivity index (χ4n) is 2.79. The van der Waals surface area contributed by atoms with Gasteiger partial charge in [-0.25, -0.2) is 0 Å². The summed E-state index contributed by atoms with van der Waals surface area (Å²) in [4.78, 5) is 0. The van der Waals surface area contributed by atoms with E-state index in [-0.39, 0.29) is 0 Å². The molecule has 0 atom stereocenters. The van der Waals surface area contributed by atoms with E-state index in [0.717, 1.165) is 16.9 Å². The first-order valence-corrected chi connectivity index (χ1v) is 7.04. The Morgan fingerprint density at radius 1 is 0.571 bits per heavy atom. The Balaban J connectivity index is 1.97. The van der Waals surface area contributed by atoms with E-state index in [0.29, 0.717) is 0 Å². The molecule has 0 amide bonds. The summed E-state index contributed by atoms with van der Waals surface area (Å²) in [7, 11) is 0. The van der Waals surface area contributed by atoms with Crippen LogP contribution in [0.4, 0.5) is 0 Å². The van der Waals surface area contributed by atoms with Crippen molar-refractivity contribution in [2.45, 2.75) is 0 Å². The van der Waals surface area contributed by atoms with Crippen LogP contribution in [0.15, 0.2) is 89.5 Å². The molecular weight excluding hydrogens is 256 g/mol. The zero-order valence-electron chi connectivity index (χ0n) is 11.5. The van der Waals surface area contributed by atoms with Crippen molar-refractivity contribution < 1.29 is 4.42 Å².